The Bertz CT molecular complexity index is 489. The molecule has 0 saturated heterocycles. The Balaban J connectivity index is 1.98. The molecule has 1 aromatic carbocycles. The highest BCUT2D eigenvalue weighted by atomic mass is 16.5. The van der Waals surface area contributed by atoms with Gasteiger partial charge in [0.15, 0.2) is 0 Å². The first-order valence-corrected chi connectivity index (χ1v) is 7.60. The molecule has 1 amide bonds. The number of aliphatic hydroxyl groups excluding tert-OH is 1. The molecule has 1 saturated carbocycles. The van der Waals surface area contributed by atoms with E-state index in [0.29, 0.717) is 11.3 Å². The van der Waals surface area contributed by atoms with Gasteiger partial charge in [0.05, 0.1) is 17.8 Å². The standard InChI is InChI=1S/C17H25NO3/c1-17(2,3)15(19)11-18-16(20)13-9-4-5-10-14(13)21-12-7-6-8-12/h4-5,9-10,12,15,19H,6-8,11H2,1-3H3,(H,18,20). The van der Waals surface area contributed by atoms with Crippen molar-refractivity contribution >= 4 is 5.91 Å². The summed E-state index contributed by atoms with van der Waals surface area (Å²) < 4.78 is 5.85. The fourth-order valence-electron chi connectivity index (χ4n) is 2.02. The molecule has 1 aromatic rings. The highest BCUT2D eigenvalue weighted by molar-refractivity contribution is 5.96. The molecular weight excluding hydrogens is 266 g/mol. The number of hydrogen-bond donors (Lipinski definition) is 2. The number of amides is 1. The minimum Gasteiger partial charge on any atom is -0.490 e. The molecule has 1 aliphatic rings. The van der Waals surface area contributed by atoms with Crippen LogP contribution in [0.25, 0.3) is 0 Å². The third-order valence-electron chi connectivity index (χ3n) is 3.93. The molecule has 4 heteroatoms. The maximum Gasteiger partial charge on any atom is 0.255 e. The van der Waals surface area contributed by atoms with Gasteiger partial charge < -0.3 is 15.2 Å². The largest absolute Gasteiger partial charge is 0.490 e. The van der Waals surface area contributed by atoms with Crippen LogP contribution < -0.4 is 10.1 Å². The van der Waals surface area contributed by atoms with Gasteiger partial charge in [-0.2, -0.15) is 0 Å². The number of aliphatic hydroxyl groups is 1. The number of carbonyl (C=O) groups excluding carboxylic acids is 1. The quantitative estimate of drug-likeness (QED) is 0.877. The highest BCUT2D eigenvalue weighted by Crippen LogP contribution is 2.27. The van der Waals surface area contributed by atoms with Gasteiger partial charge in [-0.15, -0.1) is 0 Å². The summed E-state index contributed by atoms with van der Waals surface area (Å²) in [6.45, 7) is 6.06. The fourth-order valence-corrected chi connectivity index (χ4v) is 2.02. The normalized spacial score (nSPS) is 17.0. The zero-order valence-corrected chi connectivity index (χ0v) is 13.1. The van der Waals surface area contributed by atoms with Crippen molar-refractivity contribution in [3.05, 3.63) is 29.8 Å². The van der Waals surface area contributed by atoms with Crippen molar-refractivity contribution < 1.29 is 14.6 Å². The Kier molecular flexibility index (Phi) is 4.88. The van der Waals surface area contributed by atoms with Crippen LogP contribution in [-0.2, 0) is 0 Å². The lowest BCUT2D eigenvalue weighted by atomic mass is 9.89. The Morgan fingerprint density at radius 2 is 2.05 bits per heavy atom. The van der Waals surface area contributed by atoms with Crippen molar-refractivity contribution in [1.29, 1.82) is 0 Å². The van der Waals surface area contributed by atoms with Crippen LogP contribution >= 0.6 is 0 Å². The van der Waals surface area contributed by atoms with Crippen LogP contribution in [0.2, 0.25) is 0 Å². The molecule has 1 aliphatic carbocycles. The molecule has 21 heavy (non-hydrogen) atoms. The Hall–Kier alpha value is -1.55. The van der Waals surface area contributed by atoms with E-state index < -0.39 is 6.10 Å². The van der Waals surface area contributed by atoms with Gasteiger partial charge in [-0.3, -0.25) is 4.79 Å². The van der Waals surface area contributed by atoms with Gasteiger partial charge in [-0.25, -0.2) is 0 Å². The van der Waals surface area contributed by atoms with E-state index in [4.69, 9.17) is 4.74 Å². The average Bonchev–Trinajstić information content (AvgIpc) is 2.39. The van der Waals surface area contributed by atoms with Crippen molar-refractivity contribution in [2.24, 2.45) is 5.41 Å². The molecule has 0 heterocycles. The second-order valence-electron chi connectivity index (χ2n) is 6.76. The SMILES string of the molecule is CC(C)(C)C(O)CNC(=O)c1ccccc1OC1CCC1. The maximum absolute atomic E-state index is 12.3. The number of para-hydroxylation sites is 1. The van der Waals surface area contributed by atoms with E-state index in [-0.39, 0.29) is 24.0 Å². The van der Waals surface area contributed by atoms with E-state index in [1.807, 2.05) is 39.0 Å². The predicted molar refractivity (Wildman–Crippen MR) is 82.5 cm³/mol. The summed E-state index contributed by atoms with van der Waals surface area (Å²) in [7, 11) is 0. The summed E-state index contributed by atoms with van der Waals surface area (Å²) in [5.41, 5.74) is 0.278. The summed E-state index contributed by atoms with van der Waals surface area (Å²) in [6, 6.07) is 7.28. The zero-order valence-electron chi connectivity index (χ0n) is 13.1. The van der Waals surface area contributed by atoms with Crippen molar-refractivity contribution in [1.82, 2.24) is 5.32 Å². The van der Waals surface area contributed by atoms with Crippen molar-refractivity contribution in [2.45, 2.75) is 52.2 Å². The predicted octanol–water partition coefficient (Wildman–Crippen LogP) is 2.75. The topological polar surface area (TPSA) is 58.6 Å². The zero-order chi connectivity index (χ0) is 15.5. The van der Waals surface area contributed by atoms with Crippen LogP contribution in [0.15, 0.2) is 24.3 Å². The molecule has 1 fully saturated rings. The molecule has 2 N–H and O–H groups in total. The molecule has 4 nitrogen and oxygen atoms in total. The van der Waals surface area contributed by atoms with E-state index in [1.54, 1.807) is 6.07 Å². The molecule has 0 radical (unpaired) electrons. The maximum atomic E-state index is 12.3. The Morgan fingerprint density at radius 1 is 1.38 bits per heavy atom. The van der Waals surface area contributed by atoms with E-state index in [2.05, 4.69) is 5.32 Å². The van der Waals surface area contributed by atoms with E-state index in [1.165, 1.54) is 6.42 Å². The number of ether oxygens (including phenoxy) is 1. The van der Waals surface area contributed by atoms with Gasteiger partial charge in [0.2, 0.25) is 0 Å². The molecule has 0 bridgehead atoms. The van der Waals surface area contributed by atoms with Crippen LogP contribution in [0.3, 0.4) is 0 Å². The third-order valence-corrected chi connectivity index (χ3v) is 3.93. The van der Waals surface area contributed by atoms with Crippen LogP contribution in [0, 0.1) is 5.41 Å². The van der Waals surface area contributed by atoms with Crippen LogP contribution in [-0.4, -0.2) is 29.8 Å². The molecule has 0 spiro atoms. The summed E-state index contributed by atoms with van der Waals surface area (Å²) in [5, 5.41) is 12.8. The summed E-state index contributed by atoms with van der Waals surface area (Å²) >= 11 is 0. The van der Waals surface area contributed by atoms with Gasteiger partial charge in [0.25, 0.3) is 5.91 Å². The Morgan fingerprint density at radius 3 is 2.62 bits per heavy atom. The lowest BCUT2D eigenvalue weighted by Gasteiger charge is -2.28. The van der Waals surface area contributed by atoms with Gasteiger partial charge >= 0.3 is 0 Å². The highest BCUT2D eigenvalue weighted by Gasteiger charge is 2.24. The smallest absolute Gasteiger partial charge is 0.255 e. The number of nitrogens with one attached hydrogen (secondary N) is 1. The van der Waals surface area contributed by atoms with Crippen LogP contribution in [0.5, 0.6) is 5.75 Å². The molecule has 0 aromatic heterocycles. The number of benzene rings is 1. The van der Waals surface area contributed by atoms with Crippen molar-refractivity contribution in [3.8, 4) is 5.75 Å². The second-order valence-corrected chi connectivity index (χ2v) is 6.76. The lowest BCUT2D eigenvalue weighted by Crippen LogP contribution is -2.39. The van der Waals surface area contributed by atoms with Gasteiger partial charge in [-0.05, 0) is 36.8 Å². The second kappa shape index (κ2) is 6.48. The minimum absolute atomic E-state index is 0.201. The Labute approximate surface area is 126 Å². The molecular formula is C17H25NO3. The number of rotatable bonds is 5. The van der Waals surface area contributed by atoms with Crippen LogP contribution in [0.4, 0.5) is 0 Å². The molecule has 0 aliphatic heterocycles. The molecule has 2 rings (SSSR count). The summed E-state index contributed by atoms with van der Waals surface area (Å²) in [6.07, 6.45) is 2.95. The van der Waals surface area contributed by atoms with Gasteiger partial charge in [0.1, 0.15) is 5.75 Å². The van der Waals surface area contributed by atoms with Gasteiger partial charge in [0, 0.05) is 6.54 Å². The first kappa shape index (κ1) is 15.8. The number of carbonyl (C=O) groups is 1. The van der Waals surface area contributed by atoms with Crippen molar-refractivity contribution in [3.63, 3.8) is 0 Å². The lowest BCUT2D eigenvalue weighted by molar-refractivity contribution is 0.0583. The molecule has 116 valence electrons. The van der Waals surface area contributed by atoms with E-state index >= 15 is 0 Å². The van der Waals surface area contributed by atoms with Gasteiger partial charge in [-0.1, -0.05) is 32.9 Å². The van der Waals surface area contributed by atoms with Crippen molar-refractivity contribution in [2.75, 3.05) is 6.54 Å². The van der Waals surface area contributed by atoms with E-state index in [0.717, 1.165) is 12.8 Å². The van der Waals surface area contributed by atoms with Crippen LogP contribution in [0.1, 0.15) is 50.4 Å². The molecule has 1 atom stereocenters. The minimum atomic E-state index is -0.582. The third kappa shape index (κ3) is 4.21. The monoisotopic (exact) mass is 291 g/mol. The summed E-state index contributed by atoms with van der Waals surface area (Å²) in [4.78, 5) is 12.3. The molecule has 1 unspecified atom stereocenters. The van der Waals surface area contributed by atoms with E-state index in [9.17, 15) is 9.90 Å². The fraction of sp³-hybridized carbons (Fsp3) is 0.588. The first-order chi connectivity index (χ1) is 9.88. The average molecular weight is 291 g/mol. The number of hydrogen-bond acceptors (Lipinski definition) is 3. The summed E-state index contributed by atoms with van der Waals surface area (Å²) in [5.74, 6) is 0.429. The first-order valence-electron chi connectivity index (χ1n) is 7.60.